The van der Waals surface area contributed by atoms with Gasteiger partial charge in [0.15, 0.2) is 0 Å². The lowest BCUT2D eigenvalue weighted by Crippen LogP contribution is -2.39. The van der Waals surface area contributed by atoms with Gasteiger partial charge < -0.3 is 10.8 Å². The molecule has 1 saturated heterocycles. The first-order valence-corrected chi connectivity index (χ1v) is 7.45. The van der Waals surface area contributed by atoms with Crippen LogP contribution in [0.25, 0.3) is 0 Å². The van der Waals surface area contributed by atoms with E-state index in [1.807, 2.05) is 0 Å². The van der Waals surface area contributed by atoms with Crippen molar-refractivity contribution >= 4 is 0 Å². The summed E-state index contributed by atoms with van der Waals surface area (Å²) < 4.78 is 0. The quantitative estimate of drug-likeness (QED) is 0.826. The predicted octanol–water partition coefficient (Wildman–Crippen LogP) is 2.17. The molecule has 0 bridgehead atoms. The van der Waals surface area contributed by atoms with E-state index in [1.165, 1.54) is 18.4 Å². The van der Waals surface area contributed by atoms with Gasteiger partial charge >= 0.3 is 0 Å². The van der Waals surface area contributed by atoms with E-state index in [-0.39, 0.29) is 0 Å². The third kappa shape index (κ3) is 4.03. The maximum absolute atomic E-state index is 9.13. The van der Waals surface area contributed by atoms with E-state index >= 15 is 0 Å². The third-order valence-electron chi connectivity index (χ3n) is 4.15. The van der Waals surface area contributed by atoms with Crippen molar-refractivity contribution in [2.24, 2.45) is 11.7 Å². The number of piperidine rings is 1. The Morgan fingerprint density at radius 3 is 2.79 bits per heavy atom. The van der Waals surface area contributed by atoms with Crippen molar-refractivity contribution in [2.45, 2.75) is 31.7 Å². The maximum Gasteiger partial charge on any atom is 0.0434 e. The maximum atomic E-state index is 9.13. The summed E-state index contributed by atoms with van der Waals surface area (Å²) in [5.74, 6) is 0.641. The van der Waals surface area contributed by atoms with Crippen LogP contribution in [0.15, 0.2) is 30.3 Å². The summed E-state index contributed by atoms with van der Waals surface area (Å²) in [5.41, 5.74) is 7.17. The molecule has 2 unspecified atom stereocenters. The van der Waals surface area contributed by atoms with Crippen molar-refractivity contribution in [1.29, 1.82) is 0 Å². The molecule has 0 amide bonds. The molecule has 2 atom stereocenters. The number of aliphatic hydroxyl groups excluding tert-OH is 1. The predicted molar refractivity (Wildman–Crippen MR) is 78.9 cm³/mol. The number of nitrogens with two attached hydrogens (primary N) is 1. The number of hydrogen-bond donors (Lipinski definition) is 2. The lowest BCUT2D eigenvalue weighted by atomic mass is 9.92. The van der Waals surface area contributed by atoms with Gasteiger partial charge in [0.25, 0.3) is 0 Å². The van der Waals surface area contributed by atoms with Gasteiger partial charge in [-0.2, -0.15) is 0 Å². The minimum Gasteiger partial charge on any atom is -0.396 e. The highest BCUT2D eigenvalue weighted by Crippen LogP contribution is 2.30. The van der Waals surface area contributed by atoms with Crippen LogP contribution in [0.3, 0.4) is 0 Å². The van der Waals surface area contributed by atoms with Gasteiger partial charge in [0.2, 0.25) is 0 Å². The van der Waals surface area contributed by atoms with Crippen LogP contribution in [0, 0.1) is 5.92 Å². The molecular weight excluding hydrogens is 236 g/mol. The van der Waals surface area contributed by atoms with Gasteiger partial charge in [0.05, 0.1) is 0 Å². The van der Waals surface area contributed by atoms with E-state index < -0.39 is 0 Å². The molecule has 3 heteroatoms. The van der Waals surface area contributed by atoms with Crippen LogP contribution in [0.4, 0.5) is 0 Å². The van der Waals surface area contributed by atoms with Gasteiger partial charge in [-0.3, -0.25) is 4.90 Å². The van der Waals surface area contributed by atoms with Gasteiger partial charge in [-0.05, 0) is 50.3 Å². The summed E-state index contributed by atoms with van der Waals surface area (Å²) in [6.07, 6.45) is 4.43. The first kappa shape index (κ1) is 14.5. The zero-order chi connectivity index (χ0) is 13.5. The first-order valence-electron chi connectivity index (χ1n) is 7.45. The molecule has 0 spiro atoms. The smallest absolute Gasteiger partial charge is 0.0434 e. The third-order valence-corrected chi connectivity index (χ3v) is 4.15. The molecule has 2 rings (SSSR count). The van der Waals surface area contributed by atoms with E-state index in [4.69, 9.17) is 10.8 Å². The number of nitrogens with zero attached hydrogens (tertiary/aromatic N) is 1. The fourth-order valence-corrected chi connectivity index (χ4v) is 3.19. The number of rotatable bonds is 6. The van der Waals surface area contributed by atoms with Crippen LogP contribution in [0.5, 0.6) is 0 Å². The molecule has 19 heavy (non-hydrogen) atoms. The highest BCUT2D eigenvalue weighted by atomic mass is 16.3. The van der Waals surface area contributed by atoms with Crippen molar-refractivity contribution in [3.05, 3.63) is 35.9 Å². The Balaban J connectivity index is 2.06. The summed E-state index contributed by atoms with van der Waals surface area (Å²) >= 11 is 0. The van der Waals surface area contributed by atoms with Crippen molar-refractivity contribution in [3.8, 4) is 0 Å². The highest BCUT2D eigenvalue weighted by molar-refractivity contribution is 5.19. The van der Waals surface area contributed by atoms with E-state index in [0.29, 0.717) is 18.6 Å². The summed E-state index contributed by atoms with van der Waals surface area (Å²) in [4.78, 5) is 2.56. The zero-order valence-electron chi connectivity index (χ0n) is 11.7. The number of benzene rings is 1. The fraction of sp³-hybridized carbons (Fsp3) is 0.625. The van der Waals surface area contributed by atoms with Crippen LogP contribution < -0.4 is 5.73 Å². The lowest BCUT2D eigenvalue weighted by molar-refractivity contribution is 0.103. The first-order chi connectivity index (χ1) is 9.35. The summed E-state index contributed by atoms with van der Waals surface area (Å²) in [6.45, 7) is 3.29. The second-order valence-electron chi connectivity index (χ2n) is 5.52. The molecule has 0 aromatic heterocycles. The highest BCUT2D eigenvalue weighted by Gasteiger charge is 2.26. The van der Waals surface area contributed by atoms with Crippen molar-refractivity contribution in [1.82, 2.24) is 4.90 Å². The van der Waals surface area contributed by atoms with E-state index in [0.717, 1.165) is 32.5 Å². The summed E-state index contributed by atoms with van der Waals surface area (Å²) in [6, 6.07) is 11.1. The molecule has 106 valence electrons. The largest absolute Gasteiger partial charge is 0.396 e. The van der Waals surface area contributed by atoms with E-state index in [1.54, 1.807) is 0 Å². The molecule has 1 aliphatic heterocycles. The van der Waals surface area contributed by atoms with Crippen LogP contribution in [0.2, 0.25) is 0 Å². The van der Waals surface area contributed by atoms with Gasteiger partial charge in [-0.1, -0.05) is 30.3 Å². The molecule has 0 radical (unpaired) electrons. The summed E-state index contributed by atoms with van der Waals surface area (Å²) in [5, 5.41) is 9.13. The molecular formula is C16H26N2O. The van der Waals surface area contributed by atoms with Gasteiger partial charge in [0.1, 0.15) is 0 Å². The van der Waals surface area contributed by atoms with Crippen LogP contribution in [-0.2, 0) is 0 Å². The molecule has 0 aliphatic carbocycles. The minimum absolute atomic E-state index is 0.311. The second-order valence-corrected chi connectivity index (χ2v) is 5.52. The van der Waals surface area contributed by atoms with Gasteiger partial charge in [-0.25, -0.2) is 0 Å². The Hall–Kier alpha value is -0.900. The molecule has 1 aromatic rings. The minimum atomic E-state index is 0.311. The molecule has 0 saturated carbocycles. The normalized spacial score (nSPS) is 22.3. The molecule has 1 aliphatic rings. The fourth-order valence-electron chi connectivity index (χ4n) is 3.19. The monoisotopic (exact) mass is 262 g/mol. The molecule has 1 heterocycles. The Bertz CT molecular complexity index is 353. The molecule has 1 fully saturated rings. The lowest BCUT2D eigenvalue weighted by Gasteiger charge is -2.38. The Labute approximate surface area is 116 Å². The van der Waals surface area contributed by atoms with E-state index in [2.05, 4.69) is 35.2 Å². The van der Waals surface area contributed by atoms with Crippen molar-refractivity contribution in [3.63, 3.8) is 0 Å². The van der Waals surface area contributed by atoms with Crippen LogP contribution >= 0.6 is 0 Å². The van der Waals surface area contributed by atoms with Crippen LogP contribution in [-0.4, -0.2) is 36.2 Å². The Morgan fingerprint density at radius 1 is 1.32 bits per heavy atom. The average molecular weight is 262 g/mol. The van der Waals surface area contributed by atoms with Crippen molar-refractivity contribution in [2.75, 3.05) is 26.2 Å². The molecule has 1 aromatic carbocycles. The van der Waals surface area contributed by atoms with Gasteiger partial charge in [-0.15, -0.1) is 0 Å². The van der Waals surface area contributed by atoms with Crippen molar-refractivity contribution < 1.29 is 5.11 Å². The van der Waals surface area contributed by atoms with E-state index in [9.17, 15) is 0 Å². The number of aliphatic hydroxyl groups is 1. The Kier molecular flexibility index (Phi) is 5.83. The number of hydrogen-bond acceptors (Lipinski definition) is 3. The van der Waals surface area contributed by atoms with Crippen LogP contribution in [0.1, 0.15) is 37.3 Å². The van der Waals surface area contributed by atoms with Gasteiger partial charge in [0, 0.05) is 19.2 Å². The summed E-state index contributed by atoms with van der Waals surface area (Å²) in [7, 11) is 0. The molecule has 3 nitrogen and oxygen atoms in total. The zero-order valence-corrected chi connectivity index (χ0v) is 11.7. The number of likely N-dealkylation sites (tertiary alicyclic amines) is 1. The average Bonchev–Trinajstić information content (AvgIpc) is 2.46. The molecule has 3 N–H and O–H groups in total. The standard InChI is InChI=1S/C16H26N2O/c17-10-8-16(15-6-2-1-3-7-15)18-11-4-5-14(13-18)9-12-19/h1-3,6-7,14,16,19H,4-5,8-13,17H2. The SMILES string of the molecule is NCCC(c1ccccc1)N1CCCC(CCO)C1. The topological polar surface area (TPSA) is 49.5 Å². The second kappa shape index (κ2) is 7.63. The Morgan fingerprint density at radius 2 is 2.11 bits per heavy atom.